The molecule has 1 atom stereocenters. The minimum absolute atomic E-state index is 0. The number of hydrogen-bond donors (Lipinski definition) is 2. The zero-order valence-electron chi connectivity index (χ0n) is 13.1. The first-order valence-electron chi connectivity index (χ1n) is 7.30. The van der Waals surface area contributed by atoms with Crippen LogP contribution in [0.15, 0.2) is 23.3 Å². The summed E-state index contributed by atoms with van der Waals surface area (Å²) < 4.78 is 5.75. The third kappa shape index (κ3) is 6.26. The summed E-state index contributed by atoms with van der Waals surface area (Å²) >= 11 is 5.77. The highest BCUT2D eigenvalue weighted by Crippen LogP contribution is 2.23. The Kier molecular flexibility index (Phi) is 8.41. The molecule has 0 amide bonds. The van der Waals surface area contributed by atoms with Crippen LogP contribution in [-0.4, -0.2) is 43.3 Å². The summed E-state index contributed by atoms with van der Waals surface area (Å²) in [6, 6.07) is 3.79. The Hall–Kier alpha value is -0.600. The van der Waals surface area contributed by atoms with Crippen molar-refractivity contribution in [3.63, 3.8) is 0 Å². The number of aromatic nitrogens is 1. The Bertz CT molecular complexity index is 475. The maximum atomic E-state index is 5.77. The second kappa shape index (κ2) is 9.52. The number of pyridine rings is 1. The number of guanidine groups is 1. The van der Waals surface area contributed by atoms with Gasteiger partial charge in [0.15, 0.2) is 5.96 Å². The van der Waals surface area contributed by atoms with E-state index in [9.17, 15) is 0 Å². The van der Waals surface area contributed by atoms with Crippen LogP contribution in [0, 0.1) is 0 Å². The Morgan fingerprint density at radius 3 is 2.86 bits per heavy atom. The average molecular weight is 439 g/mol. The molecular weight excluding hydrogens is 415 g/mol. The number of halogens is 2. The second-order valence-corrected chi connectivity index (χ2v) is 5.88. The molecule has 0 saturated carbocycles. The van der Waals surface area contributed by atoms with Gasteiger partial charge in [-0.15, -0.1) is 24.0 Å². The number of rotatable bonds is 5. The second-order valence-electron chi connectivity index (χ2n) is 5.49. The van der Waals surface area contributed by atoms with Crippen LogP contribution >= 0.6 is 35.6 Å². The van der Waals surface area contributed by atoms with Gasteiger partial charge in [0.25, 0.3) is 0 Å². The lowest BCUT2D eigenvalue weighted by Gasteiger charge is -2.24. The van der Waals surface area contributed by atoms with Crippen LogP contribution in [0.5, 0.6) is 0 Å². The molecule has 1 aromatic heterocycles. The van der Waals surface area contributed by atoms with Gasteiger partial charge in [-0.25, -0.2) is 4.98 Å². The molecule has 7 heteroatoms. The summed E-state index contributed by atoms with van der Waals surface area (Å²) in [6.45, 7) is 4.56. The van der Waals surface area contributed by atoms with Gasteiger partial charge in [0, 0.05) is 32.9 Å². The van der Waals surface area contributed by atoms with Crippen molar-refractivity contribution < 1.29 is 4.74 Å². The molecule has 1 aromatic rings. The fourth-order valence-electron chi connectivity index (χ4n) is 2.35. The lowest BCUT2D eigenvalue weighted by atomic mass is 10.0. The van der Waals surface area contributed by atoms with E-state index in [0.29, 0.717) is 5.15 Å². The van der Waals surface area contributed by atoms with E-state index >= 15 is 0 Å². The van der Waals surface area contributed by atoms with E-state index in [2.05, 4.69) is 27.5 Å². The van der Waals surface area contributed by atoms with E-state index in [0.717, 1.165) is 50.5 Å². The molecule has 2 N–H and O–H groups in total. The lowest BCUT2D eigenvalue weighted by Crippen LogP contribution is -2.45. The van der Waals surface area contributed by atoms with Crippen molar-refractivity contribution in [2.45, 2.75) is 31.8 Å². The highest BCUT2D eigenvalue weighted by Gasteiger charge is 2.29. The number of ether oxygens (including phenoxy) is 1. The molecule has 0 bridgehead atoms. The van der Waals surface area contributed by atoms with Gasteiger partial charge in [0.1, 0.15) is 5.15 Å². The Labute approximate surface area is 154 Å². The van der Waals surface area contributed by atoms with E-state index in [-0.39, 0.29) is 29.6 Å². The van der Waals surface area contributed by atoms with Crippen LogP contribution in [-0.2, 0) is 11.2 Å². The predicted octanol–water partition coefficient (Wildman–Crippen LogP) is 2.63. The zero-order valence-corrected chi connectivity index (χ0v) is 16.1. The van der Waals surface area contributed by atoms with Gasteiger partial charge in [0.2, 0.25) is 0 Å². The summed E-state index contributed by atoms with van der Waals surface area (Å²) in [5.41, 5.74) is 1.07. The van der Waals surface area contributed by atoms with Crippen molar-refractivity contribution in [2.24, 2.45) is 4.99 Å². The number of nitrogens with one attached hydrogen (secondary N) is 2. The average Bonchev–Trinajstić information content (AvgIpc) is 2.92. The van der Waals surface area contributed by atoms with Gasteiger partial charge in [-0.05, 0) is 37.8 Å². The third-order valence-electron chi connectivity index (χ3n) is 3.65. The van der Waals surface area contributed by atoms with Crippen LogP contribution in [0.4, 0.5) is 0 Å². The van der Waals surface area contributed by atoms with Crippen molar-refractivity contribution >= 4 is 41.5 Å². The first-order valence-corrected chi connectivity index (χ1v) is 7.68. The first-order chi connectivity index (χ1) is 10.1. The molecule has 1 aliphatic rings. The van der Waals surface area contributed by atoms with Gasteiger partial charge in [-0.2, -0.15) is 0 Å². The van der Waals surface area contributed by atoms with Gasteiger partial charge in [-0.1, -0.05) is 17.7 Å². The summed E-state index contributed by atoms with van der Waals surface area (Å²) in [4.78, 5) is 8.30. The maximum absolute atomic E-state index is 5.77. The van der Waals surface area contributed by atoms with E-state index in [4.69, 9.17) is 16.3 Å². The first kappa shape index (κ1) is 19.4. The Morgan fingerprint density at radius 1 is 1.45 bits per heavy atom. The predicted molar refractivity (Wildman–Crippen MR) is 101 cm³/mol. The molecule has 124 valence electrons. The largest absolute Gasteiger partial charge is 0.373 e. The summed E-state index contributed by atoms with van der Waals surface area (Å²) in [7, 11) is 1.77. The zero-order chi connectivity index (χ0) is 15.1. The van der Waals surface area contributed by atoms with Crippen LogP contribution in [0.2, 0.25) is 5.15 Å². The number of aliphatic imine (C=N–C) groups is 1. The quantitative estimate of drug-likeness (QED) is 0.321. The smallest absolute Gasteiger partial charge is 0.191 e. The van der Waals surface area contributed by atoms with Crippen LogP contribution in [0.25, 0.3) is 0 Å². The Balaban J connectivity index is 0.00000242. The monoisotopic (exact) mass is 438 g/mol. The van der Waals surface area contributed by atoms with Crippen molar-refractivity contribution in [2.75, 3.05) is 26.7 Å². The van der Waals surface area contributed by atoms with Gasteiger partial charge in [-0.3, -0.25) is 4.99 Å². The molecule has 1 unspecified atom stereocenters. The maximum Gasteiger partial charge on any atom is 0.191 e. The van der Waals surface area contributed by atoms with Crippen molar-refractivity contribution in [3.8, 4) is 0 Å². The van der Waals surface area contributed by atoms with Crippen LogP contribution in [0.1, 0.15) is 25.3 Å². The van der Waals surface area contributed by atoms with Gasteiger partial charge >= 0.3 is 0 Å². The summed E-state index contributed by atoms with van der Waals surface area (Å²) in [5.74, 6) is 0.800. The highest BCUT2D eigenvalue weighted by molar-refractivity contribution is 14.0. The molecule has 1 fully saturated rings. The van der Waals surface area contributed by atoms with Gasteiger partial charge < -0.3 is 15.4 Å². The summed E-state index contributed by atoms with van der Waals surface area (Å²) in [6.07, 6.45) is 4.90. The molecule has 22 heavy (non-hydrogen) atoms. The molecular formula is C15H24ClIN4O. The molecule has 0 radical (unpaired) electrons. The molecule has 1 saturated heterocycles. The van der Waals surface area contributed by atoms with Gasteiger partial charge in [0.05, 0.1) is 5.60 Å². The normalized spacial score (nSPS) is 21.3. The highest BCUT2D eigenvalue weighted by atomic mass is 127. The van der Waals surface area contributed by atoms with E-state index in [1.54, 1.807) is 13.2 Å². The molecule has 0 aliphatic carbocycles. The topological polar surface area (TPSA) is 58.5 Å². The van der Waals surface area contributed by atoms with Crippen molar-refractivity contribution in [3.05, 3.63) is 29.0 Å². The van der Waals surface area contributed by atoms with Crippen LogP contribution in [0.3, 0.4) is 0 Å². The molecule has 0 spiro atoms. The summed E-state index contributed by atoms with van der Waals surface area (Å²) in [5, 5.41) is 7.14. The Morgan fingerprint density at radius 2 is 2.27 bits per heavy atom. The third-order valence-corrected chi connectivity index (χ3v) is 3.87. The molecule has 2 rings (SSSR count). The van der Waals surface area contributed by atoms with E-state index in [1.165, 1.54) is 0 Å². The minimum Gasteiger partial charge on any atom is -0.373 e. The number of nitrogens with zero attached hydrogens (tertiary/aromatic N) is 2. The fourth-order valence-corrected chi connectivity index (χ4v) is 2.46. The minimum atomic E-state index is -0.0717. The van der Waals surface area contributed by atoms with Crippen molar-refractivity contribution in [1.29, 1.82) is 0 Å². The molecule has 0 aromatic carbocycles. The van der Waals surface area contributed by atoms with Crippen molar-refractivity contribution in [1.82, 2.24) is 15.6 Å². The number of hydrogen-bond acceptors (Lipinski definition) is 3. The van der Waals surface area contributed by atoms with E-state index in [1.807, 2.05) is 12.1 Å². The SMILES string of the molecule is CN=C(NCCc1ccc(Cl)nc1)NCC1(C)CCCO1.I. The molecule has 2 heterocycles. The van der Waals surface area contributed by atoms with E-state index < -0.39 is 0 Å². The lowest BCUT2D eigenvalue weighted by molar-refractivity contribution is 0.0243. The molecule has 5 nitrogen and oxygen atoms in total. The van der Waals surface area contributed by atoms with Crippen LogP contribution < -0.4 is 10.6 Å². The molecule has 1 aliphatic heterocycles. The standard InChI is InChI=1S/C15H23ClN4O.HI/c1-15(7-3-9-21-15)11-20-14(17-2)18-8-6-12-4-5-13(16)19-10-12;/h4-5,10H,3,6-9,11H2,1-2H3,(H2,17,18,20);1H. The fraction of sp³-hybridized carbons (Fsp3) is 0.600.